The zero-order valence-corrected chi connectivity index (χ0v) is 19.1. The van der Waals surface area contributed by atoms with E-state index in [0.29, 0.717) is 4.31 Å². The number of nitrogens with zero attached hydrogens (tertiary/aromatic N) is 1. The molecule has 2 atom stereocenters. The van der Waals surface area contributed by atoms with Crippen LogP contribution >= 0.6 is 0 Å². The standard InChI is InChI=1S/C22H27F3N2O3S/c1-13-10-15(3)20(11-14(13)2)16(4)26-21(28)17(5)27(31(6,29)30)19-9-7-8-18(12-19)22(23,24)25/h7-12,16-17H,1-6H3,(H,26,28)/t16-,17-/m1/s1. The van der Waals surface area contributed by atoms with Crippen molar-refractivity contribution in [1.29, 1.82) is 0 Å². The molecule has 5 nitrogen and oxygen atoms in total. The molecule has 0 heterocycles. The van der Waals surface area contributed by atoms with Crippen LogP contribution in [-0.4, -0.2) is 26.6 Å². The Kier molecular flexibility index (Phi) is 7.10. The van der Waals surface area contributed by atoms with Gasteiger partial charge in [0, 0.05) is 0 Å². The van der Waals surface area contributed by atoms with E-state index in [-0.39, 0.29) is 5.69 Å². The molecule has 2 aromatic rings. The van der Waals surface area contributed by atoms with Gasteiger partial charge in [-0.15, -0.1) is 0 Å². The van der Waals surface area contributed by atoms with Crippen molar-refractivity contribution in [3.8, 4) is 0 Å². The van der Waals surface area contributed by atoms with Crippen LogP contribution in [0, 0.1) is 20.8 Å². The molecule has 0 spiro atoms. The Morgan fingerprint density at radius 3 is 2.13 bits per heavy atom. The first-order chi connectivity index (χ1) is 14.1. The molecule has 0 radical (unpaired) electrons. The Bertz CT molecular complexity index is 1080. The number of nitrogens with one attached hydrogen (secondary N) is 1. The first-order valence-electron chi connectivity index (χ1n) is 9.67. The van der Waals surface area contributed by atoms with Crippen molar-refractivity contribution in [1.82, 2.24) is 5.32 Å². The number of sulfonamides is 1. The monoisotopic (exact) mass is 456 g/mol. The molecule has 0 aliphatic heterocycles. The van der Waals surface area contributed by atoms with Crippen LogP contribution in [0.3, 0.4) is 0 Å². The fraction of sp³-hybridized carbons (Fsp3) is 0.409. The lowest BCUT2D eigenvalue weighted by molar-refractivity contribution is -0.137. The van der Waals surface area contributed by atoms with Gasteiger partial charge in [-0.2, -0.15) is 13.2 Å². The Labute approximate surface area is 181 Å². The molecule has 1 amide bonds. The summed E-state index contributed by atoms with van der Waals surface area (Å²) in [6, 6.07) is 6.20. The number of carbonyl (C=O) groups is 1. The van der Waals surface area contributed by atoms with Gasteiger partial charge in [0.25, 0.3) is 0 Å². The van der Waals surface area contributed by atoms with Gasteiger partial charge in [0.05, 0.1) is 23.5 Å². The molecule has 0 unspecified atom stereocenters. The summed E-state index contributed by atoms with van der Waals surface area (Å²) in [4.78, 5) is 12.9. The smallest absolute Gasteiger partial charge is 0.348 e. The van der Waals surface area contributed by atoms with Crippen LogP contribution in [0.1, 0.15) is 47.7 Å². The first-order valence-corrected chi connectivity index (χ1v) is 11.5. The summed E-state index contributed by atoms with van der Waals surface area (Å²) in [6.07, 6.45) is -3.78. The quantitative estimate of drug-likeness (QED) is 0.687. The first kappa shape index (κ1) is 24.7. The molecule has 0 saturated heterocycles. The largest absolute Gasteiger partial charge is 0.416 e. The summed E-state index contributed by atoms with van der Waals surface area (Å²) in [7, 11) is -4.04. The summed E-state index contributed by atoms with van der Waals surface area (Å²) in [5, 5.41) is 2.78. The number of aryl methyl sites for hydroxylation is 3. The predicted octanol–water partition coefficient (Wildman–Crippen LogP) is 4.66. The lowest BCUT2D eigenvalue weighted by Gasteiger charge is -2.30. The van der Waals surface area contributed by atoms with E-state index in [0.717, 1.165) is 46.7 Å². The number of hydrogen-bond acceptors (Lipinski definition) is 3. The van der Waals surface area contributed by atoms with Crippen molar-refractivity contribution in [2.24, 2.45) is 0 Å². The third kappa shape index (κ3) is 5.78. The van der Waals surface area contributed by atoms with Crippen molar-refractivity contribution in [3.63, 3.8) is 0 Å². The molecule has 2 aromatic carbocycles. The molecule has 0 saturated carbocycles. The van der Waals surface area contributed by atoms with Gasteiger partial charge in [-0.25, -0.2) is 8.42 Å². The van der Waals surface area contributed by atoms with E-state index in [1.54, 1.807) is 6.92 Å². The van der Waals surface area contributed by atoms with Crippen LogP contribution in [-0.2, 0) is 21.0 Å². The highest BCUT2D eigenvalue weighted by molar-refractivity contribution is 7.92. The van der Waals surface area contributed by atoms with Crippen molar-refractivity contribution >= 4 is 21.6 Å². The highest BCUT2D eigenvalue weighted by atomic mass is 32.2. The van der Waals surface area contributed by atoms with Gasteiger partial charge in [-0.05, 0) is 75.1 Å². The Morgan fingerprint density at radius 2 is 1.58 bits per heavy atom. The lowest BCUT2D eigenvalue weighted by Crippen LogP contribution is -2.48. The number of rotatable bonds is 6. The second-order valence-electron chi connectivity index (χ2n) is 7.81. The van der Waals surface area contributed by atoms with Gasteiger partial charge in [0.15, 0.2) is 0 Å². The molecule has 31 heavy (non-hydrogen) atoms. The minimum Gasteiger partial charge on any atom is -0.348 e. The van der Waals surface area contributed by atoms with Gasteiger partial charge >= 0.3 is 6.18 Å². The highest BCUT2D eigenvalue weighted by Crippen LogP contribution is 2.33. The van der Waals surface area contributed by atoms with E-state index < -0.39 is 39.8 Å². The minimum absolute atomic E-state index is 0.227. The van der Waals surface area contributed by atoms with Crippen LogP contribution in [0.15, 0.2) is 36.4 Å². The number of halogens is 3. The number of amides is 1. The van der Waals surface area contributed by atoms with Gasteiger partial charge in [0.2, 0.25) is 15.9 Å². The van der Waals surface area contributed by atoms with E-state index in [1.165, 1.54) is 13.0 Å². The van der Waals surface area contributed by atoms with E-state index >= 15 is 0 Å². The molecule has 0 aromatic heterocycles. The van der Waals surface area contributed by atoms with Crippen LogP contribution in [0.2, 0.25) is 0 Å². The van der Waals surface area contributed by atoms with E-state index in [9.17, 15) is 26.4 Å². The van der Waals surface area contributed by atoms with Crippen molar-refractivity contribution < 1.29 is 26.4 Å². The summed E-state index contributed by atoms with van der Waals surface area (Å²) in [6.45, 7) is 8.97. The van der Waals surface area contributed by atoms with E-state index in [2.05, 4.69) is 5.32 Å². The highest BCUT2D eigenvalue weighted by Gasteiger charge is 2.34. The second-order valence-corrected chi connectivity index (χ2v) is 9.67. The van der Waals surface area contributed by atoms with Crippen LogP contribution < -0.4 is 9.62 Å². The van der Waals surface area contributed by atoms with Gasteiger partial charge in [-0.3, -0.25) is 9.10 Å². The zero-order valence-electron chi connectivity index (χ0n) is 18.3. The Balaban J connectivity index is 2.36. The average molecular weight is 457 g/mol. The third-order valence-corrected chi connectivity index (χ3v) is 6.47. The summed E-state index contributed by atoms with van der Waals surface area (Å²) >= 11 is 0. The number of carbonyl (C=O) groups excluding carboxylic acids is 1. The molecule has 1 N–H and O–H groups in total. The molecule has 2 rings (SSSR count). The normalized spacial score (nSPS) is 14.1. The number of benzene rings is 2. The topological polar surface area (TPSA) is 66.5 Å². The maximum absolute atomic E-state index is 13.1. The molecule has 0 aliphatic rings. The predicted molar refractivity (Wildman–Crippen MR) is 115 cm³/mol. The van der Waals surface area contributed by atoms with Crippen molar-refractivity contribution in [3.05, 3.63) is 64.2 Å². The minimum atomic E-state index is -4.64. The maximum Gasteiger partial charge on any atom is 0.416 e. The Hall–Kier alpha value is -2.55. The molecular weight excluding hydrogens is 429 g/mol. The second kappa shape index (κ2) is 8.90. The molecule has 0 aliphatic carbocycles. The fourth-order valence-corrected chi connectivity index (χ4v) is 4.66. The summed E-state index contributed by atoms with van der Waals surface area (Å²) in [5.74, 6) is -0.618. The van der Waals surface area contributed by atoms with E-state index in [1.807, 2.05) is 32.9 Å². The average Bonchev–Trinajstić information content (AvgIpc) is 2.63. The molecule has 0 fully saturated rings. The maximum atomic E-state index is 13.1. The summed E-state index contributed by atoms with van der Waals surface area (Å²) in [5.41, 5.74) is 2.80. The van der Waals surface area contributed by atoms with Gasteiger partial charge in [-0.1, -0.05) is 18.2 Å². The Morgan fingerprint density at radius 1 is 1.00 bits per heavy atom. The number of alkyl halides is 3. The van der Waals surface area contributed by atoms with Crippen LogP contribution in [0.4, 0.5) is 18.9 Å². The van der Waals surface area contributed by atoms with Crippen molar-refractivity contribution in [2.75, 3.05) is 10.6 Å². The van der Waals surface area contributed by atoms with Crippen LogP contribution in [0.5, 0.6) is 0 Å². The van der Waals surface area contributed by atoms with Gasteiger partial charge in [0.1, 0.15) is 6.04 Å². The SMILES string of the molecule is Cc1cc(C)c([C@@H](C)NC(=O)[C@@H](C)N(c2cccc(C(F)(F)F)c2)S(C)(=O)=O)cc1C. The van der Waals surface area contributed by atoms with Gasteiger partial charge < -0.3 is 5.32 Å². The lowest BCUT2D eigenvalue weighted by atomic mass is 9.96. The molecule has 0 bridgehead atoms. The molecule has 170 valence electrons. The third-order valence-electron chi connectivity index (χ3n) is 5.22. The summed E-state index contributed by atoms with van der Waals surface area (Å²) < 4.78 is 64.8. The number of hydrogen-bond donors (Lipinski definition) is 1. The molecule has 9 heteroatoms. The number of anilines is 1. The zero-order chi connectivity index (χ0) is 23.7. The fourth-order valence-electron chi connectivity index (χ4n) is 3.49. The van der Waals surface area contributed by atoms with Crippen LogP contribution in [0.25, 0.3) is 0 Å². The molecular formula is C22H27F3N2O3S. The van der Waals surface area contributed by atoms with E-state index in [4.69, 9.17) is 0 Å². The van der Waals surface area contributed by atoms with Crippen molar-refractivity contribution in [2.45, 2.75) is 52.9 Å².